The zero-order valence-corrected chi connectivity index (χ0v) is 13.0. The Morgan fingerprint density at radius 1 is 1.00 bits per heavy atom. The molecule has 0 aliphatic carbocycles. The highest BCUT2D eigenvalue weighted by Gasteiger charge is 2.30. The summed E-state index contributed by atoms with van der Waals surface area (Å²) >= 11 is 0. The zero-order chi connectivity index (χ0) is 17.2. The van der Waals surface area contributed by atoms with E-state index in [0.29, 0.717) is 12.1 Å². The zero-order valence-electron chi connectivity index (χ0n) is 13.0. The molecule has 2 heterocycles. The van der Waals surface area contributed by atoms with E-state index in [1.165, 1.54) is 18.2 Å². The predicted octanol–water partition coefficient (Wildman–Crippen LogP) is 2.72. The molecule has 1 aromatic carbocycles. The van der Waals surface area contributed by atoms with Crippen LogP contribution in [0.4, 0.5) is 19.0 Å². The van der Waals surface area contributed by atoms with E-state index in [2.05, 4.69) is 14.8 Å². The lowest BCUT2D eigenvalue weighted by atomic mass is 10.1. The van der Waals surface area contributed by atoms with Crippen molar-refractivity contribution in [1.29, 1.82) is 0 Å². The van der Waals surface area contributed by atoms with Crippen LogP contribution < -0.4 is 10.5 Å². The second-order valence-electron chi connectivity index (χ2n) is 5.86. The Balaban J connectivity index is 1.61. The van der Waals surface area contributed by atoms with Gasteiger partial charge in [0.1, 0.15) is 5.82 Å². The van der Waals surface area contributed by atoms with E-state index in [0.717, 1.165) is 38.1 Å². The minimum Gasteiger partial charge on any atom is -0.356 e. The SMILES string of the molecule is O=c1cccc(N2CCN(Cc3cccc(C(F)(F)F)c3)CC2)[nH]1. The summed E-state index contributed by atoms with van der Waals surface area (Å²) in [5.74, 6) is 0.779. The third kappa shape index (κ3) is 3.97. The number of alkyl halides is 3. The van der Waals surface area contributed by atoms with Gasteiger partial charge in [-0.05, 0) is 17.7 Å². The molecule has 2 aromatic rings. The molecule has 7 heteroatoms. The van der Waals surface area contributed by atoms with Crippen molar-refractivity contribution in [2.45, 2.75) is 12.7 Å². The smallest absolute Gasteiger partial charge is 0.356 e. The molecule has 0 bridgehead atoms. The van der Waals surface area contributed by atoms with Crippen molar-refractivity contribution in [2.24, 2.45) is 0 Å². The van der Waals surface area contributed by atoms with Crippen molar-refractivity contribution in [2.75, 3.05) is 31.1 Å². The van der Waals surface area contributed by atoms with Crippen LogP contribution in [-0.4, -0.2) is 36.1 Å². The van der Waals surface area contributed by atoms with E-state index in [-0.39, 0.29) is 5.56 Å². The van der Waals surface area contributed by atoms with Crippen LogP contribution in [-0.2, 0) is 12.7 Å². The topological polar surface area (TPSA) is 39.3 Å². The lowest BCUT2D eigenvalue weighted by Gasteiger charge is -2.35. The fraction of sp³-hybridized carbons (Fsp3) is 0.353. The molecule has 0 radical (unpaired) electrons. The number of hydrogen-bond acceptors (Lipinski definition) is 3. The first-order valence-electron chi connectivity index (χ1n) is 7.74. The highest BCUT2D eigenvalue weighted by Crippen LogP contribution is 2.29. The van der Waals surface area contributed by atoms with Gasteiger partial charge in [0, 0.05) is 38.8 Å². The monoisotopic (exact) mass is 337 g/mol. The number of benzene rings is 1. The van der Waals surface area contributed by atoms with E-state index < -0.39 is 11.7 Å². The maximum Gasteiger partial charge on any atom is 0.416 e. The minimum atomic E-state index is -4.31. The van der Waals surface area contributed by atoms with Crippen molar-refractivity contribution in [3.05, 3.63) is 63.9 Å². The fourth-order valence-electron chi connectivity index (χ4n) is 2.87. The number of anilines is 1. The second kappa shape index (κ2) is 6.68. The number of halogens is 3. The van der Waals surface area contributed by atoms with Crippen LogP contribution in [0.5, 0.6) is 0 Å². The summed E-state index contributed by atoms with van der Waals surface area (Å²) < 4.78 is 38.3. The summed E-state index contributed by atoms with van der Waals surface area (Å²) in [5.41, 5.74) is -0.0919. The number of aromatic nitrogens is 1. The Labute approximate surface area is 137 Å². The predicted molar refractivity (Wildman–Crippen MR) is 86.0 cm³/mol. The largest absolute Gasteiger partial charge is 0.416 e. The molecule has 1 N–H and O–H groups in total. The maximum absolute atomic E-state index is 12.8. The number of rotatable bonds is 3. The van der Waals surface area contributed by atoms with Gasteiger partial charge in [-0.25, -0.2) is 0 Å². The molecule has 0 spiro atoms. The van der Waals surface area contributed by atoms with Gasteiger partial charge in [0.2, 0.25) is 5.56 Å². The Morgan fingerprint density at radius 2 is 1.71 bits per heavy atom. The molecule has 1 aliphatic rings. The highest BCUT2D eigenvalue weighted by molar-refractivity contribution is 5.38. The van der Waals surface area contributed by atoms with E-state index in [4.69, 9.17) is 0 Å². The Morgan fingerprint density at radius 3 is 2.38 bits per heavy atom. The van der Waals surface area contributed by atoms with Crippen LogP contribution in [0.1, 0.15) is 11.1 Å². The third-order valence-electron chi connectivity index (χ3n) is 4.13. The van der Waals surface area contributed by atoms with Crippen LogP contribution in [0.2, 0.25) is 0 Å². The molecule has 1 fully saturated rings. The molecule has 3 rings (SSSR count). The first-order valence-corrected chi connectivity index (χ1v) is 7.74. The first-order chi connectivity index (χ1) is 11.4. The Hall–Kier alpha value is -2.28. The van der Waals surface area contributed by atoms with E-state index in [9.17, 15) is 18.0 Å². The van der Waals surface area contributed by atoms with Crippen molar-refractivity contribution < 1.29 is 13.2 Å². The molecule has 0 amide bonds. The summed E-state index contributed by atoms with van der Waals surface area (Å²) in [4.78, 5) is 18.4. The number of H-pyrrole nitrogens is 1. The number of hydrogen-bond donors (Lipinski definition) is 1. The van der Waals surface area contributed by atoms with E-state index in [1.807, 2.05) is 6.07 Å². The highest BCUT2D eigenvalue weighted by atomic mass is 19.4. The molecular weight excluding hydrogens is 319 g/mol. The van der Waals surface area contributed by atoms with Gasteiger partial charge in [-0.1, -0.05) is 24.3 Å². The number of pyridine rings is 1. The van der Waals surface area contributed by atoms with Gasteiger partial charge in [0.05, 0.1) is 5.56 Å². The molecule has 0 atom stereocenters. The average Bonchev–Trinajstić information content (AvgIpc) is 2.55. The molecule has 0 saturated carbocycles. The number of aromatic amines is 1. The van der Waals surface area contributed by atoms with Crippen LogP contribution >= 0.6 is 0 Å². The van der Waals surface area contributed by atoms with Crippen molar-refractivity contribution in [1.82, 2.24) is 9.88 Å². The van der Waals surface area contributed by atoms with Crippen LogP contribution in [0.3, 0.4) is 0 Å². The molecule has 1 aliphatic heterocycles. The van der Waals surface area contributed by atoms with Gasteiger partial charge in [-0.15, -0.1) is 0 Å². The number of piperazine rings is 1. The summed E-state index contributed by atoms with van der Waals surface area (Å²) in [6.07, 6.45) is -4.31. The fourth-order valence-corrected chi connectivity index (χ4v) is 2.87. The third-order valence-corrected chi connectivity index (χ3v) is 4.13. The normalized spacial score (nSPS) is 16.4. The maximum atomic E-state index is 12.8. The van der Waals surface area contributed by atoms with Gasteiger partial charge in [-0.2, -0.15) is 13.2 Å². The van der Waals surface area contributed by atoms with Crippen molar-refractivity contribution in [3.8, 4) is 0 Å². The molecule has 1 aromatic heterocycles. The van der Waals surface area contributed by atoms with Crippen LogP contribution in [0.25, 0.3) is 0 Å². The standard InChI is InChI=1S/C17H18F3N3O/c18-17(19,20)14-4-1-3-13(11-14)12-22-7-9-23(10-8-22)15-5-2-6-16(24)21-15/h1-6,11H,7-10,12H2,(H,21,24). The van der Waals surface area contributed by atoms with Gasteiger partial charge in [0.25, 0.3) is 0 Å². The Kier molecular flexibility index (Phi) is 4.62. The van der Waals surface area contributed by atoms with Gasteiger partial charge < -0.3 is 9.88 Å². The second-order valence-corrected chi connectivity index (χ2v) is 5.86. The van der Waals surface area contributed by atoms with Gasteiger partial charge in [0.15, 0.2) is 0 Å². The van der Waals surface area contributed by atoms with E-state index >= 15 is 0 Å². The number of nitrogens with zero attached hydrogens (tertiary/aromatic N) is 2. The van der Waals surface area contributed by atoms with Crippen LogP contribution in [0.15, 0.2) is 47.3 Å². The lowest BCUT2D eigenvalue weighted by Crippen LogP contribution is -2.46. The molecule has 1 saturated heterocycles. The average molecular weight is 337 g/mol. The molecule has 24 heavy (non-hydrogen) atoms. The quantitative estimate of drug-likeness (QED) is 0.936. The van der Waals surface area contributed by atoms with Crippen molar-refractivity contribution >= 4 is 5.82 Å². The number of nitrogens with one attached hydrogen (secondary N) is 1. The molecular formula is C17H18F3N3O. The molecule has 128 valence electrons. The van der Waals surface area contributed by atoms with Gasteiger partial charge in [-0.3, -0.25) is 9.69 Å². The molecule has 4 nitrogen and oxygen atoms in total. The van der Waals surface area contributed by atoms with E-state index in [1.54, 1.807) is 12.1 Å². The Bertz CT molecular complexity index is 749. The van der Waals surface area contributed by atoms with Crippen LogP contribution in [0, 0.1) is 0 Å². The summed E-state index contributed by atoms with van der Waals surface area (Å²) in [5, 5.41) is 0. The summed E-state index contributed by atoms with van der Waals surface area (Å²) in [6, 6.07) is 10.5. The van der Waals surface area contributed by atoms with Crippen molar-refractivity contribution in [3.63, 3.8) is 0 Å². The van der Waals surface area contributed by atoms with Gasteiger partial charge >= 0.3 is 6.18 Å². The first kappa shape index (κ1) is 16.6. The molecule has 0 unspecified atom stereocenters. The summed E-state index contributed by atoms with van der Waals surface area (Å²) in [7, 11) is 0. The summed E-state index contributed by atoms with van der Waals surface area (Å²) in [6.45, 7) is 3.39. The lowest BCUT2D eigenvalue weighted by molar-refractivity contribution is -0.137. The minimum absolute atomic E-state index is 0.140.